The number of carbonyl (C=O) groups excluding carboxylic acids is 2. The van der Waals surface area contributed by atoms with Crippen molar-refractivity contribution in [1.82, 2.24) is 10.2 Å². The molecule has 0 aliphatic carbocycles. The molecule has 1 N–H and O–H groups in total. The van der Waals surface area contributed by atoms with Crippen molar-refractivity contribution in [2.24, 2.45) is 17.8 Å². The van der Waals surface area contributed by atoms with Crippen molar-refractivity contribution < 1.29 is 14.3 Å². The van der Waals surface area contributed by atoms with Gasteiger partial charge in [-0.25, -0.2) is 0 Å². The van der Waals surface area contributed by atoms with Crippen LogP contribution in [-0.2, 0) is 14.3 Å². The molecular weight excluding hydrogens is 220 g/mol. The zero-order chi connectivity index (χ0) is 13.0. The lowest BCUT2D eigenvalue weighted by molar-refractivity contribution is -0.146. The Balaban J connectivity index is 2.42. The number of nitrogens with one attached hydrogen (secondary N) is 1. The summed E-state index contributed by atoms with van der Waals surface area (Å²) in [6, 6.07) is 0. The summed E-state index contributed by atoms with van der Waals surface area (Å²) in [5, 5.41) is 3.16. The highest BCUT2D eigenvalue weighted by Crippen LogP contribution is 2.18. The average molecular weight is 242 g/mol. The van der Waals surface area contributed by atoms with Gasteiger partial charge in [-0.1, -0.05) is 13.8 Å². The summed E-state index contributed by atoms with van der Waals surface area (Å²) >= 11 is 0. The molecule has 1 saturated heterocycles. The van der Waals surface area contributed by atoms with Crippen molar-refractivity contribution in [2.45, 2.75) is 13.8 Å². The molecule has 0 aromatic heterocycles. The third-order valence-electron chi connectivity index (χ3n) is 3.44. The number of hydrogen-bond donors (Lipinski definition) is 1. The first-order valence-electron chi connectivity index (χ1n) is 6.00. The summed E-state index contributed by atoms with van der Waals surface area (Å²) in [5.41, 5.74) is 0. The van der Waals surface area contributed by atoms with Crippen LogP contribution in [0.3, 0.4) is 0 Å². The van der Waals surface area contributed by atoms with E-state index in [-0.39, 0.29) is 23.7 Å². The smallest absolute Gasteiger partial charge is 0.310 e. The number of methoxy groups -OCH3 is 1. The minimum absolute atomic E-state index is 0.0195. The third-order valence-corrected chi connectivity index (χ3v) is 3.44. The minimum Gasteiger partial charge on any atom is -0.469 e. The molecule has 0 radical (unpaired) electrons. The Bertz CT molecular complexity index is 289. The van der Waals surface area contributed by atoms with Gasteiger partial charge >= 0.3 is 5.97 Å². The van der Waals surface area contributed by atoms with Crippen LogP contribution in [0.2, 0.25) is 0 Å². The zero-order valence-corrected chi connectivity index (χ0v) is 11.0. The van der Waals surface area contributed by atoms with E-state index in [1.165, 1.54) is 7.11 Å². The van der Waals surface area contributed by atoms with Gasteiger partial charge in [0.1, 0.15) is 0 Å². The van der Waals surface area contributed by atoms with Crippen molar-refractivity contribution in [2.75, 3.05) is 33.8 Å². The van der Waals surface area contributed by atoms with Crippen LogP contribution >= 0.6 is 0 Å². The van der Waals surface area contributed by atoms with Gasteiger partial charge in [0.15, 0.2) is 0 Å². The number of hydrogen-bond acceptors (Lipinski definition) is 4. The van der Waals surface area contributed by atoms with E-state index in [1.54, 1.807) is 18.9 Å². The summed E-state index contributed by atoms with van der Waals surface area (Å²) in [4.78, 5) is 25.0. The van der Waals surface area contributed by atoms with Crippen LogP contribution in [0.25, 0.3) is 0 Å². The van der Waals surface area contributed by atoms with Crippen molar-refractivity contribution in [1.29, 1.82) is 0 Å². The fourth-order valence-electron chi connectivity index (χ4n) is 1.99. The predicted molar refractivity (Wildman–Crippen MR) is 64.3 cm³/mol. The molecule has 1 heterocycles. The van der Waals surface area contributed by atoms with Crippen LogP contribution in [0.1, 0.15) is 13.8 Å². The first-order chi connectivity index (χ1) is 7.97. The normalized spacial score (nSPS) is 19.1. The minimum atomic E-state index is -0.277. The van der Waals surface area contributed by atoms with Crippen molar-refractivity contribution in [3.8, 4) is 0 Å². The fraction of sp³-hybridized carbons (Fsp3) is 0.833. The molecule has 0 saturated carbocycles. The van der Waals surface area contributed by atoms with Gasteiger partial charge in [0.2, 0.25) is 5.91 Å². The summed E-state index contributed by atoms with van der Waals surface area (Å²) in [7, 11) is 3.10. The lowest BCUT2D eigenvalue weighted by Crippen LogP contribution is -2.50. The van der Waals surface area contributed by atoms with Gasteiger partial charge in [-0.05, 0) is 19.0 Å². The van der Waals surface area contributed by atoms with E-state index in [0.29, 0.717) is 12.5 Å². The monoisotopic (exact) mass is 242 g/mol. The highest BCUT2D eigenvalue weighted by molar-refractivity contribution is 5.80. The molecule has 1 amide bonds. The van der Waals surface area contributed by atoms with E-state index in [4.69, 9.17) is 0 Å². The Labute approximate surface area is 102 Å². The first kappa shape index (κ1) is 14.0. The van der Waals surface area contributed by atoms with Gasteiger partial charge in [0.05, 0.1) is 13.0 Å². The summed E-state index contributed by atoms with van der Waals surface area (Å²) in [5.74, 6) is 0.0000113. The molecule has 0 bridgehead atoms. The lowest BCUT2D eigenvalue weighted by Gasteiger charge is -2.34. The second kappa shape index (κ2) is 6.00. The van der Waals surface area contributed by atoms with E-state index in [0.717, 1.165) is 13.1 Å². The standard InChI is InChI=1S/C12H22N2O3/c1-8(12(16)17-4)7-14(3)11(15)9(2)10-5-13-6-10/h8-10,13H,5-7H2,1-4H3. The molecule has 0 aromatic rings. The number of carbonyl (C=O) groups is 2. The summed E-state index contributed by atoms with van der Waals surface area (Å²) < 4.78 is 4.65. The zero-order valence-electron chi connectivity index (χ0n) is 11.0. The Morgan fingerprint density at radius 3 is 2.41 bits per heavy atom. The van der Waals surface area contributed by atoms with Crippen molar-refractivity contribution in [3.63, 3.8) is 0 Å². The largest absolute Gasteiger partial charge is 0.469 e. The number of rotatable bonds is 5. The van der Waals surface area contributed by atoms with Gasteiger partial charge in [-0.2, -0.15) is 0 Å². The molecule has 17 heavy (non-hydrogen) atoms. The van der Waals surface area contributed by atoms with Gasteiger partial charge in [-0.15, -0.1) is 0 Å². The molecule has 1 aliphatic heterocycles. The second-order valence-corrected chi connectivity index (χ2v) is 4.85. The van der Waals surface area contributed by atoms with Crippen LogP contribution < -0.4 is 5.32 Å². The first-order valence-corrected chi connectivity index (χ1v) is 6.00. The highest BCUT2D eigenvalue weighted by atomic mass is 16.5. The molecule has 98 valence electrons. The quantitative estimate of drug-likeness (QED) is 0.695. The maximum atomic E-state index is 12.1. The van der Waals surface area contributed by atoms with Crippen LogP contribution in [-0.4, -0.2) is 50.6 Å². The Kier molecular flexibility index (Phi) is 4.93. The van der Waals surface area contributed by atoms with Crippen LogP contribution in [0.5, 0.6) is 0 Å². The number of esters is 1. The number of ether oxygens (including phenoxy) is 1. The number of amides is 1. The van der Waals surface area contributed by atoms with Crippen molar-refractivity contribution in [3.05, 3.63) is 0 Å². The van der Waals surface area contributed by atoms with Gasteiger partial charge in [0, 0.05) is 19.5 Å². The Morgan fingerprint density at radius 1 is 1.41 bits per heavy atom. The summed E-state index contributed by atoms with van der Waals surface area (Å²) in [6.07, 6.45) is 0. The van der Waals surface area contributed by atoms with Crippen LogP contribution in [0.15, 0.2) is 0 Å². The SMILES string of the molecule is COC(=O)C(C)CN(C)C(=O)C(C)C1CNC1. The van der Waals surface area contributed by atoms with E-state index in [2.05, 4.69) is 10.1 Å². The number of nitrogens with zero attached hydrogens (tertiary/aromatic N) is 1. The molecule has 2 atom stereocenters. The van der Waals surface area contributed by atoms with Crippen molar-refractivity contribution >= 4 is 11.9 Å². The molecule has 2 unspecified atom stereocenters. The molecule has 5 heteroatoms. The lowest BCUT2D eigenvalue weighted by atomic mass is 9.88. The highest BCUT2D eigenvalue weighted by Gasteiger charge is 2.31. The van der Waals surface area contributed by atoms with E-state index < -0.39 is 0 Å². The maximum absolute atomic E-state index is 12.1. The average Bonchev–Trinajstić information content (AvgIpc) is 2.24. The molecule has 1 rings (SSSR count). The van der Waals surface area contributed by atoms with Gasteiger partial charge in [-0.3, -0.25) is 9.59 Å². The van der Waals surface area contributed by atoms with Gasteiger partial charge < -0.3 is 15.0 Å². The Hall–Kier alpha value is -1.10. The third kappa shape index (κ3) is 3.43. The molecule has 5 nitrogen and oxygen atoms in total. The predicted octanol–water partition coefficient (Wildman–Crippen LogP) is 0.109. The van der Waals surface area contributed by atoms with E-state index in [1.807, 2.05) is 6.92 Å². The topological polar surface area (TPSA) is 58.6 Å². The van der Waals surface area contributed by atoms with Crippen LogP contribution in [0, 0.1) is 17.8 Å². The van der Waals surface area contributed by atoms with E-state index in [9.17, 15) is 9.59 Å². The maximum Gasteiger partial charge on any atom is 0.310 e. The second-order valence-electron chi connectivity index (χ2n) is 4.85. The molecule has 1 fully saturated rings. The Morgan fingerprint density at radius 2 is 2.00 bits per heavy atom. The summed E-state index contributed by atoms with van der Waals surface area (Å²) in [6.45, 7) is 5.95. The van der Waals surface area contributed by atoms with Crippen LogP contribution in [0.4, 0.5) is 0 Å². The molecule has 0 spiro atoms. The molecule has 1 aliphatic rings. The molecule has 0 aromatic carbocycles. The fourth-order valence-corrected chi connectivity index (χ4v) is 1.99. The molecular formula is C12H22N2O3. The van der Waals surface area contributed by atoms with Gasteiger partial charge in [0.25, 0.3) is 0 Å². The van der Waals surface area contributed by atoms with E-state index >= 15 is 0 Å².